The highest BCUT2D eigenvalue weighted by atomic mass is 16.6. The van der Waals surface area contributed by atoms with E-state index in [1.54, 1.807) is 23.6 Å². The Morgan fingerprint density at radius 1 is 1.14 bits per heavy atom. The number of hydrogen-bond donors (Lipinski definition) is 2. The van der Waals surface area contributed by atoms with Gasteiger partial charge in [-0.1, -0.05) is 24.8 Å². The maximum absolute atomic E-state index is 11.9. The van der Waals surface area contributed by atoms with Crippen molar-refractivity contribution in [3.63, 3.8) is 0 Å². The summed E-state index contributed by atoms with van der Waals surface area (Å²) in [6, 6.07) is 12.9. The van der Waals surface area contributed by atoms with Crippen molar-refractivity contribution >= 4 is 29.3 Å². The fraction of sp³-hybridized carbons (Fsp3) is 0.200. The fourth-order valence-corrected chi connectivity index (χ4v) is 2.76. The SMILES string of the molecule is C=C(C)OC(=O)Nc1ccc(-c2cccc3nc(NC(=O)C4CC4)nn23)cc1. The van der Waals surface area contributed by atoms with E-state index in [1.807, 2.05) is 30.3 Å². The summed E-state index contributed by atoms with van der Waals surface area (Å²) < 4.78 is 6.56. The minimum atomic E-state index is -0.588. The van der Waals surface area contributed by atoms with Crippen LogP contribution in [0.4, 0.5) is 16.4 Å². The Bertz CT molecular complexity index is 1070. The van der Waals surface area contributed by atoms with E-state index in [9.17, 15) is 9.59 Å². The van der Waals surface area contributed by atoms with E-state index in [0.717, 1.165) is 24.1 Å². The molecule has 0 spiro atoms. The normalized spacial score (nSPS) is 13.2. The van der Waals surface area contributed by atoms with Crippen LogP contribution >= 0.6 is 0 Å². The van der Waals surface area contributed by atoms with Crippen LogP contribution in [-0.4, -0.2) is 26.6 Å². The molecule has 0 aliphatic heterocycles. The molecular formula is C20H19N5O3. The van der Waals surface area contributed by atoms with Gasteiger partial charge in [-0.2, -0.15) is 4.98 Å². The smallest absolute Gasteiger partial charge is 0.416 e. The van der Waals surface area contributed by atoms with Gasteiger partial charge in [0, 0.05) is 17.2 Å². The Morgan fingerprint density at radius 3 is 2.57 bits per heavy atom. The fourth-order valence-electron chi connectivity index (χ4n) is 2.76. The molecule has 3 aromatic rings. The van der Waals surface area contributed by atoms with Crippen molar-refractivity contribution in [1.82, 2.24) is 14.6 Å². The van der Waals surface area contributed by atoms with E-state index >= 15 is 0 Å². The van der Waals surface area contributed by atoms with Crippen LogP contribution in [0.3, 0.4) is 0 Å². The number of carbonyl (C=O) groups is 2. The van der Waals surface area contributed by atoms with Gasteiger partial charge in [0.05, 0.1) is 11.5 Å². The molecule has 0 radical (unpaired) electrons. The summed E-state index contributed by atoms with van der Waals surface area (Å²) in [5, 5.41) is 9.81. The van der Waals surface area contributed by atoms with E-state index < -0.39 is 6.09 Å². The molecule has 28 heavy (non-hydrogen) atoms. The van der Waals surface area contributed by atoms with Crippen molar-refractivity contribution in [3.05, 3.63) is 54.8 Å². The summed E-state index contributed by atoms with van der Waals surface area (Å²) in [5.74, 6) is 0.666. The van der Waals surface area contributed by atoms with Gasteiger partial charge < -0.3 is 4.74 Å². The lowest BCUT2D eigenvalue weighted by atomic mass is 10.1. The lowest BCUT2D eigenvalue weighted by molar-refractivity contribution is -0.117. The van der Waals surface area contributed by atoms with Gasteiger partial charge in [-0.25, -0.2) is 9.31 Å². The zero-order chi connectivity index (χ0) is 19.7. The highest BCUT2D eigenvalue weighted by Crippen LogP contribution is 2.30. The average Bonchev–Trinajstić information content (AvgIpc) is 3.42. The molecule has 4 rings (SSSR count). The zero-order valence-corrected chi connectivity index (χ0v) is 15.3. The first-order valence-corrected chi connectivity index (χ1v) is 8.91. The number of allylic oxidation sites excluding steroid dienone is 1. The molecule has 0 bridgehead atoms. The first-order valence-electron chi connectivity index (χ1n) is 8.91. The van der Waals surface area contributed by atoms with Crippen LogP contribution in [0.1, 0.15) is 19.8 Å². The van der Waals surface area contributed by atoms with E-state index in [1.165, 1.54) is 0 Å². The zero-order valence-electron chi connectivity index (χ0n) is 15.3. The molecule has 2 amide bonds. The molecule has 8 heteroatoms. The maximum Gasteiger partial charge on any atom is 0.416 e. The standard InChI is InChI=1S/C20H19N5O3/c1-12(2)28-20(27)21-15-10-8-13(9-11-15)16-4-3-5-17-22-19(24-25(16)17)23-18(26)14-6-7-14/h3-5,8-11,14H,1,6-7H2,2H3,(H,21,27)(H,23,24,26). The predicted octanol–water partition coefficient (Wildman–Crippen LogP) is 3.83. The van der Waals surface area contributed by atoms with E-state index in [0.29, 0.717) is 23.0 Å². The molecule has 0 atom stereocenters. The topological polar surface area (TPSA) is 97.6 Å². The predicted molar refractivity (Wildman–Crippen MR) is 105 cm³/mol. The second-order valence-electron chi connectivity index (χ2n) is 6.67. The molecule has 1 saturated carbocycles. The molecule has 1 aliphatic carbocycles. The number of pyridine rings is 1. The second kappa shape index (κ2) is 7.15. The number of nitrogens with zero attached hydrogens (tertiary/aromatic N) is 3. The largest absolute Gasteiger partial charge is 0.416 e. The molecule has 1 fully saturated rings. The van der Waals surface area contributed by atoms with Gasteiger partial charge >= 0.3 is 6.09 Å². The molecule has 142 valence electrons. The van der Waals surface area contributed by atoms with Crippen molar-refractivity contribution in [2.75, 3.05) is 10.6 Å². The number of rotatable bonds is 5. The summed E-state index contributed by atoms with van der Waals surface area (Å²) >= 11 is 0. The lowest BCUT2D eigenvalue weighted by Crippen LogP contribution is -2.14. The summed E-state index contributed by atoms with van der Waals surface area (Å²) in [5.41, 5.74) is 2.93. The van der Waals surface area contributed by atoms with Gasteiger partial charge in [-0.3, -0.25) is 15.4 Å². The number of ether oxygens (including phenoxy) is 1. The molecule has 2 aromatic heterocycles. The molecular weight excluding hydrogens is 358 g/mol. The molecule has 8 nitrogen and oxygen atoms in total. The number of amides is 2. The number of hydrogen-bond acceptors (Lipinski definition) is 5. The van der Waals surface area contributed by atoms with Crippen LogP contribution < -0.4 is 10.6 Å². The molecule has 2 heterocycles. The first-order chi connectivity index (χ1) is 13.5. The average molecular weight is 377 g/mol. The summed E-state index contributed by atoms with van der Waals surface area (Å²) in [7, 11) is 0. The van der Waals surface area contributed by atoms with Crippen molar-refractivity contribution in [3.8, 4) is 11.3 Å². The summed E-state index contributed by atoms with van der Waals surface area (Å²) in [4.78, 5) is 28.0. The van der Waals surface area contributed by atoms with Gasteiger partial charge in [-0.15, -0.1) is 5.10 Å². The van der Waals surface area contributed by atoms with Gasteiger partial charge in [-0.05, 0) is 44.0 Å². The van der Waals surface area contributed by atoms with Crippen LogP contribution in [-0.2, 0) is 9.53 Å². The highest BCUT2D eigenvalue weighted by Gasteiger charge is 2.30. The number of aromatic nitrogens is 3. The number of anilines is 2. The van der Waals surface area contributed by atoms with Crippen molar-refractivity contribution in [2.24, 2.45) is 5.92 Å². The van der Waals surface area contributed by atoms with Crippen molar-refractivity contribution in [2.45, 2.75) is 19.8 Å². The first kappa shape index (κ1) is 17.7. The molecule has 1 aliphatic rings. The minimum Gasteiger partial charge on any atom is -0.416 e. The van der Waals surface area contributed by atoms with Gasteiger partial charge in [0.2, 0.25) is 11.9 Å². The second-order valence-corrected chi connectivity index (χ2v) is 6.67. The monoisotopic (exact) mass is 377 g/mol. The van der Waals surface area contributed by atoms with Gasteiger partial charge in [0.25, 0.3) is 0 Å². The Balaban J connectivity index is 1.56. The number of carbonyl (C=O) groups excluding carboxylic acids is 2. The molecule has 0 saturated heterocycles. The molecule has 0 unspecified atom stereocenters. The van der Waals surface area contributed by atoms with Crippen LogP contribution in [0.25, 0.3) is 16.9 Å². The van der Waals surface area contributed by atoms with Crippen LogP contribution in [0.2, 0.25) is 0 Å². The van der Waals surface area contributed by atoms with Crippen LogP contribution in [0, 0.1) is 5.92 Å². The van der Waals surface area contributed by atoms with E-state index in [4.69, 9.17) is 4.74 Å². The third-order valence-corrected chi connectivity index (χ3v) is 4.24. The number of benzene rings is 1. The number of nitrogens with one attached hydrogen (secondary N) is 2. The third kappa shape index (κ3) is 3.85. The summed E-state index contributed by atoms with van der Waals surface area (Å²) in [6.45, 7) is 5.13. The Kier molecular flexibility index (Phi) is 4.52. The van der Waals surface area contributed by atoms with Crippen LogP contribution in [0.15, 0.2) is 54.8 Å². The quantitative estimate of drug-likeness (QED) is 0.659. The minimum absolute atomic E-state index is 0.0328. The Morgan fingerprint density at radius 2 is 1.89 bits per heavy atom. The third-order valence-electron chi connectivity index (χ3n) is 4.24. The lowest BCUT2D eigenvalue weighted by Gasteiger charge is -2.08. The van der Waals surface area contributed by atoms with Crippen molar-refractivity contribution < 1.29 is 14.3 Å². The Hall–Kier alpha value is -3.68. The van der Waals surface area contributed by atoms with Crippen molar-refractivity contribution in [1.29, 1.82) is 0 Å². The Labute approximate surface area is 161 Å². The van der Waals surface area contributed by atoms with E-state index in [2.05, 4.69) is 27.3 Å². The summed E-state index contributed by atoms with van der Waals surface area (Å²) in [6.07, 6.45) is 1.25. The van der Waals surface area contributed by atoms with E-state index in [-0.39, 0.29) is 11.8 Å². The molecule has 1 aromatic carbocycles. The molecule has 2 N–H and O–H groups in total. The number of fused-ring (bicyclic) bond motifs is 1. The van der Waals surface area contributed by atoms with Gasteiger partial charge in [0.1, 0.15) is 0 Å². The highest BCUT2D eigenvalue weighted by molar-refractivity contribution is 5.92. The van der Waals surface area contributed by atoms with Crippen LogP contribution in [0.5, 0.6) is 0 Å². The maximum atomic E-state index is 11.9. The van der Waals surface area contributed by atoms with Gasteiger partial charge in [0.15, 0.2) is 5.65 Å².